The van der Waals surface area contributed by atoms with E-state index in [2.05, 4.69) is 5.32 Å². The van der Waals surface area contributed by atoms with Gasteiger partial charge < -0.3 is 5.32 Å². The molecule has 0 aromatic heterocycles. The van der Waals surface area contributed by atoms with Gasteiger partial charge in [-0.25, -0.2) is 0 Å². The Morgan fingerprint density at radius 3 is 2.44 bits per heavy atom. The van der Waals surface area contributed by atoms with Gasteiger partial charge in [-0.1, -0.05) is 48.5 Å². The van der Waals surface area contributed by atoms with Crippen LogP contribution < -0.4 is 5.32 Å². The number of carbonyl (C=O) groups is 1. The lowest BCUT2D eigenvalue weighted by Crippen LogP contribution is -2.13. The molecule has 0 aliphatic carbocycles. The summed E-state index contributed by atoms with van der Waals surface area (Å²) in [7, 11) is 0. The molecule has 0 fully saturated rings. The number of rotatable bonds is 2. The smallest absolute Gasteiger partial charge is 0.148 e. The molecule has 1 N–H and O–H groups in total. The third-order valence-corrected chi connectivity index (χ3v) is 3.18. The SMILES string of the molecule is O=CC1=C(c2ccccc2)Nc2ccccc2C1. The van der Waals surface area contributed by atoms with Crippen molar-refractivity contribution < 1.29 is 4.79 Å². The van der Waals surface area contributed by atoms with Gasteiger partial charge in [0, 0.05) is 17.7 Å². The maximum absolute atomic E-state index is 11.3. The van der Waals surface area contributed by atoms with Crippen molar-refractivity contribution in [2.45, 2.75) is 6.42 Å². The Bertz CT molecular complexity index is 614. The molecule has 0 spiro atoms. The van der Waals surface area contributed by atoms with Crippen LogP contribution in [0.15, 0.2) is 60.2 Å². The van der Waals surface area contributed by atoms with Crippen molar-refractivity contribution >= 4 is 17.7 Å². The first-order chi connectivity index (χ1) is 8.88. The molecule has 0 unspecified atom stereocenters. The van der Waals surface area contributed by atoms with Crippen LogP contribution in [0.5, 0.6) is 0 Å². The number of aldehydes is 1. The van der Waals surface area contributed by atoms with Crippen molar-refractivity contribution in [3.63, 3.8) is 0 Å². The van der Waals surface area contributed by atoms with Crippen molar-refractivity contribution in [1.82, 2.24) is 0 Å². The van der Waals surface area contributed by atoms with E-state index in [1.54, 1.807) is 0 Å². The van der Waals surface area contributed by atoms with E-state index in [-0.39, 0.29) is 0 Å². The topological polar surface area (TPSA) is 29.1 Å². The van der Waals surface area contributed by atoms with Crippen LogP contribution in [0.1, 0.15) is 11.1 Å². The Morgan fingerprint density at radius 2 is 1.67 bits per heavy atom. The van der Waals surface area contributed by atoms with Gasteiger partial charge in [0.2, 0.25) is 0 Å². The van der Waals surface area contributed by atoms with Gasteiger partial charge in [-0.15, -0.1) is 0 Å². The van der Waals surface area contributed by atoms with Crippen LogP contribution in [0.3, 0.4) is 0 Å². The summed E-state index contributed by atoms with van der Waals surface area (Å²) in [5.74, 6) is 0. The average molecular weight is 235 g/mol. The van der Waals surface area contributed by atoms with Crippen LogP contribution >= 0.6 is 0 Å². The quantitative estimate of drug-likeness (QED) is 0.809. The first-order valence-corrected chi connectivity index (χ1v) is 5.97. The Morgan fingerprint density at radius 1 is 0.944 bits per heavy atom. The van der Waals surface area contributed by atoms with Gasteiger partial charge in [0.1, 0.15) is 6.29 Å². The fourth-order valence-corrected chi connectivity index (χ4v) is 2.27. The van der Waals surface area contributed by atoms with Gasteiger partial charge >= 0.3 is 0 Å². The summed E-state index contributed by atoms with van der Waals surface area (Å²) in [6, 6.07) is 18.0. The zero-order valence-corrected chi connectivity index (χ0v) is 9.89. The second kappa shape index (κ2) is 4.49. The second-order valence-corrected chi connectivity index (χ2v) is 4.34. The van der Waals surface area contributed by atoms with E-state index < -0.39 is 0 Å². The Kier molecular flexibility index (Phi) is 2.69. The zero-order chi connectivity index (χ0) is 12.4. The average Bonchev–Trinajstić information content (AvgIpc) is 2.46. The lowest BCUT2D eigenvalue weighted by Gasteiger charge is -2.22. The predicted octanol–water partition coefficient (Wildman–Crippen LogP) is 3.26. The van der Waals surface area contributed by atoms with Crippen LogP contribution in [0.4, 0.5) is 5.69 Å². The van der Waals surface area contributed by atoms with E-state index in [1.807, 2.05) is 54.6 Å². The van der Waals surface area contributed by atoms with Crippen molar-refractivity contribution in [2.24, 2.45) is 0 Å². The maximum Gasteiger partial charge on any atom is 0.148 e. The van der Waals surface area contributed by atoms with E-state index in [9.17, 15) is 4.79 Å². The minimum atomic E-state index is 0.691. The first-order valence-electron chi connectivity index (χ1n) is 5.97. The zero-order valence-electron chi connectivity index (χ0n) is 9.89. The van der Waals surface area contributed by atoms with E-state index in [0.717, 1.165) is 28.8 Å². The van der Waals surface area contributed by atoms with Crippen LogP contribution in [0.2, 0.25) is 0 Å². The number of hydrogen-bond acceptors (Lipinski definition) is 2. The number of carbonyl (C=O) groups excluding carboxylic acids is 1. The number of anilines is 1. The van der Waals surface area contributed by atoms with E-state index in [1.165, 1.54) is 5.56 Å². The van der Waals surface area contributed by atoms with E-state index >= 15 is 0 Å². The molecule has 0 saturated heterocycles. The number of hydrogen-bond donors (Lipinski definition) is 1. The summed E-state index contributed by atoms with van der Waals surface area (Å²) in [5.41, 5.74) is 5.03. The van der Waals surface area contributed by atoms with E-state index in [0.29, 0.717) is 6.42 Å². The minimum Gasteiger partial charge on any atom is -0.354 e. The summed E-state index contributed by atoms with van der Waals surface area (Å²) >= 11 is 0. The third kappa shape index (κ3) is 1.82. The largest absolute Gasteiger partial charge is 0.354 e. The molecule has 2 heteroatoms. The molecule has 0 amide bonds. The lowest BCUT2D eigenvalue weighted by molar-refractivity contribution is -0.104. The minimum absolute atomic E-state index is 0.691. The van der Waals surface area contributed by atoms with Crippen LogP contribution in [0, 0.1) is 0 Å². The highest BCUT2D eigenvalue weighted by molar-refractivity contribution is 5.95. The number of nitrogens with one attached hydrogen (secondary N) is 1. The molecule has 1 aliphatic rings. The summed E-state index contributed by atoms with van der Waals surface area (Å²) in [6.45, 7) is 0. The summed E-state index contributed by atoms with van der Waals surface area (Å²) in [5, 5.41) is 3.36. The summed E-state index contributed by atoms with van der Waals surface area (Å²) in [6.07, 6.45) is 1.64. The molecule has 0 bridgehead atoms. The molecule has 1 aliphatic heterocycles. The number of benzene rings is 2. The van der Waals surface area contributed by atoms with Crippen LogP contribution in [-0.2, 0) is 11.2 Å². The molecule has 3 rings (SSSR count). The molecule has 0 saturated carbocycles. The first kappa shape index (κ1) is 10.8. The van der Waals surface area contributed by atoms with Gasteiger partial charge in [-0.2, -0.15) is 0 Å². The maximum atomic E-state index is 11.3. The van der Waals surface area contributed by atoms with E-state index in [4.69, 9.17) is 0 Å². The van der Waals surface area contributed by atoms with Crippen molar-refractivity contribution in [1.29, 1.82) is 0 Å². The summed E-state index contributed by atoms with van der Waals surface area (Å²) < 4.78 is 0. The Balaban J connectivity index is 2.08. The summed E-state index contributed by atoms with van der Waals surface area (Å²) in [4.78, 5) is 11.3. The fourth-order valence-electron chi connectivity index (χ4n) is 2.27. The standard InChI is InChI=1S/C16H13NO/c18-11-14-10-13-8-4-5-9-15(13)17-16(14)12-6-2-1-3-7-12/h1-9,11,17H,10H2. The van der Waals surface area contributed by atoms with Gasteiger partial charge in [-0.3, -0.25) is 4.79 Å². The number of para-hydroxylation sites is 1. The number of allylic oxidation sites excluding steroid dienone is 1. The number of fused-ring (bicyclic) bond motifs is 1. The normalized spacial score (nSPS) is 13.8. The predicted molar refractivity (Wildman–Crippen MR) is 73.2 cm³/mol. The fraction of sp³-hybridized carbons (Fsp3) is 0.0625. The molecule has 2 aromatic carbocycles. The lowest BCUT2D eigenvalue weighted by atomic mass is 9.95. The van der Waals surface area contributed by atoms with Gasteiger partial charge in [0.05, 0.1) is 5.70 Å². The molecule has 0 radical (unpaired) electrons. The van der Waals surface area contributed by atoms with Gasteiger partial charge in [0.25, 0.3) is 0 Å². The monoisotopic (exact) mass is 235 g/mol. The highest BCUT2D eigenvalue weighted by Gasteiger charge is 2.17. The molecule has 18 heavy (non-hydrogen) atoms. The Hall–Kier alpha value is -2.35. The highest BCUT2D eigenvalue weighted by Crippen LogP contribution is 2.31. The molecular weight excluding hydrogens is 222 g/mol. The molecule has 88 valence electrons. The molecule has 2 aromatic rings. The van der Waals surface area contributed by atoms with Crippen LogP contribution in [0.25, 0.3) is 5.70 Å². The van der Waals surface area contributed by atoms with Crippen molar-refractivity contribution in [2.75, 3.05) is 5.32 Å². The van der Waals surface area contributed by atoms with Gasteiger partial charge in [-0.05, 0) is 17.2 Å². The molecular formula is C16H13NO. The third-order valence-electron chi connectivity index (χ3n) is 3.18. The molecule has 0 atom stereocenters. The van der Waals surface area contributed by atoms with Crippen LogP contribution in [-0.4, -0.2) is 6.29 Å². The van der Waals surface area contributed by atoms with Crippen molar-refractivity contribution in [3.8, 4) is 0 Å². The van der Waals surface area contributed by atoms with Gasteiger partial charge in [0.15, 0.2) is 0 Å². The highest BCUT2D eigenvalue weighted by atomic mass is 16.1. The molecule has 1 heterocycles. The Labute approximate surface area is 106 Å². The molecule has 2 nitrogen and oxygen atoms in total. The second-order valence-electron chi connectivity index (χ2n) is 4.34. The van der Waals surface area contributed by atoms with Crippen molar-refractivity contribution in [3.05, 3.63) is 71.3 Å².